The van der Waals surface area contributed by atoms with E-state index in [2.05, 4.69) is 31.1 Å². The number of fused-ring (bicyclic) bond motifs is 4. The first kappa shape index (κ1) is 25.2. The lowest BCUT2D eigenvalue weighted by Gasteiger charge is -2.17. The number of nitrogens with zero attached hydrogens (tertiary/aromatic N) is 5. The van der Waals surface area contributed by atoms with E-state index in [1.807, 2.05) is 24.3 Å². The first-order chi connectivity index (χ1) is 18.5. The number of primary amides is 1. The molecule has 11 nitrogen and oxygen atoms in total. The summed E-state index contributed by atoms with van der Waals surface area (Å²) in [5.74, 6) is -0.474. The molecule has 0 saturated heterocycles. The average Bonchev–Trinajstić information content (AvgIpc) is 3.59. The van der Waals surface area contributed by atoms with Crippen LogP contribution in [0.3, 0.4) is 0 Å². The van der Waals surface area contributed by atoms with Crippen LogP contribution < -0.4 is 16.4 Å². The van der Waals surface area contributed by atoms with E-state index in [1.165, 1.54) is 17.1 Å². The van der Waals surface area contributed by atoms with Crippen LogP contribution in [-0.2, 0) is 4.79 Å². The fraction of sp³-hybridized carbons (Fsp3) is 0.231. The summed E-state index contributed by atoms with van der Waals surface area (Å²) in [4.78, 5) is 33.2. The van der Waals surface area contributed by atoms with Crippen LogP contribution in [0.25, 0.3) is 23.0 Å². The maximum Gasteiger partial charge on any atom is 0.267 e. The highest BCUT2D eigenvalue weighted by Crippen LogP contribution is 2.32. The van der Waals surface area contributed by atoms with Crippen molar-refractivity contribution in [2.75, 3.05) is 11.9 Å². The van der Waals surface area contributed by atoms with Gasteiger partial charge in [0, 0.05) is 34.5 Å². The third-order valence-corrected chi connectivity index (χ3v) is 6.52. The molecule has 0 radical (unpaired) electrons. The lowest BCUT2D eigenvalue weighted by Crippen LogP contribution is -2.28. The summed E-state index contributed by atoms with van der Waals surface area (Å²) in [5.41, 5.74) is 9.33. The van der Waals surface area contributed by atoms with Crippen molar-refractivity contribution in [1.29, 1.82) is 0 Å². The SMILES string of the molecule is NC(=O)c1[nH]c2nc1-c1ccccc1NCCCCC[C@@H]2NC(=O)/C=C/c1cc(Cl)ccc1-n1cnnn1. The second kappa shape index (κ2) is 11.3. The predicted molar refractivity (Wildman–Crippen MR) is 144 cm³/mol. The third-order valence-electron chi connectivity index (χ3n) is 6.28. The molecular weight excluding hydrogens is 506 g/mol. The Kier molecular flexibility index (Phi) is 7.45. The third kappa shape index (κ3) is 5.57. The van der Waals surface area contributed by atoms with Gasteiger partial charge in [0.1, 0.15) is 23.5 Å². The van der Waals surface area contributed by atoms with Crippen LogP contribution in [0.2, 0.25) is 5.02 Å². The van der Waals surface area contributed by atoms with Crippen molar-refractivity contribution in [3.63, 3.8) is 0 Å². The molecule has 2 aromatic carbocycles. The monoisotopic (exact) mass is 531 g/mol. The number of rotatable bonds is 5. The van der Waals surface area contributed by atoms with Gasteiger partial charge in [-0.1, -0.05) is 42.6 Å². The number of nitrogens with one attached hydrogen (secondary N) is 3. The van der Waals surface area contributed by atoms with Crippen molar-refractivity contribution in [3.8, 4) is 16.9 Å². The van der Waals surface area contributed by atoms with Crippen LogP contribution in [0.4, 0.5) is 5.69 Å². The minimum absolute atomic E-state index is 0.202. The number of carbonyl (C=O) groups is 2. The first-order valence-corrected chi connectivity index (χ1v) is 12.6. The number of carbonyl (C=O) groups excluding carboxylic acids is 2. The minimum atomic E-state index is -0.621. The molecule has 38 heavy (non-hydrogen) atoms. The van der Waals surface area contributed by atoms with Crippen LogP contribution in [-0.4, -0.2) is 48.5 Å². The Bertz CT molecular complexity index is 1480. The normalized spacial score (nSPS) is 15.7. The smallest absolute Gasteiger partial charge is 0.267 e. The molecule has 2 amide bonds. The predicted octanol–water partition coefficient (Wildman–Crippen LogP) is 3.66. The Morgan fingerprint density at radius 3 is 2.84 bits per heavy atom. The van der Waals surface area contributed by atoms with E-state index in [-0.39, 0.29) is 11.6 Å². The number of benzene rings is 2. The van der Waals surface area contributed by atoms with Crippen molar-refractivity contribution < 1.29 is 9.59 Å². The molecule has 0 fully saturated rings. The molecule has 1 aliphatic rings. The standard InChI is InChI=1S/C26H26ClN9O2/c27-17-10-11-21(36-15-30-34-35-36)16(14-17)9-12-22(37)31-20-8-2-1-5-13-29-19-7-4-3-6-18(19)23-24(25(28)38)33-26(20)32-23/h3-4,6-7,9-12,14-15,20,29H,1-2,5,8,13H2,(H2,28,38)(H,31,37)(H,32,33)/b12-9+/t20-/m0/s1. The van der Waals surface area contributed by atoms with Crippen molar-refractivity contribution in [2.24, 2.45) is 5.73 Å². The molecule has 4 aromatic rings. The van der Waals surface area contributed by atoms with Gasteiger partial charge in [-0.05, 0) is 53.6 Å². The van der Waals surface area contributed by atoms with E-state index >= 15 is 0 Å². The van der Waals surface area contributed by atoms with Gasteiger partial charge in [-0.2, -0.15) is 4.68 Å². The molecular formula is C26H26ClN9O2. The Morgan fingerprint density at radius 1 is 1.16 bits per heavy atom. The molecule has 12 heteroatoms. The van der Waals surface area contributed by atoms with Gasteiger partial charge in [0.05, 0.1) is 11.7 Å². The van der Waals surface area contributed by atoms with E-state index in [1.54, 1.807) is 24.3 Å². The molecule has 3 heterocycles. The Hall–Kier alpha value is -4.51. The molecule has 1 atom stereocenters. The van der Waals surface area contributed by atoms with Gasteiger partial charge in [0.25, 0.3) is 5.91 Å². The molecule has 0 aliphatic carbocycles. The van der Waals surface area contributed by atoms with Gasteiger partial charge < -0.3 is 21.4 Å². The summed E-state index contributed by atoms with van der Waals surface area (Å²) >= 11 is 6.19. The number of imidazole rings is 1. The number of aromatic nitrogens is 6. The zero-order valence-corrected chi connectivity index (χ0v) is 21.2. The van der Waals surface area contributed by atoms with E-state index in [0.717, 1.165) is 37.1 Å². The lowest BCUT2D eigenvalue weighted by molar-refractivity contribution is -0.117. The molecule has 2 aromatic heterocycles. The highest BCUT2D eigenvalue weighted by molar-refractivity contribution is 6.30. The molecule has 5 N–H and O–H groups in total. The van der Waals surface area contributed by atoms with E-state index in [4.69, 9.17) is 22.3 Å². The second-order valence-corrected chi connectivity index (χ2v) is 9.32. The average molecular weight is 532 g/mol. The van der Waals surface area contributed by atoms with E-state index < -0.39 is 11.9 Å². The minimum Gasteiger partial charge on any atom is -0.384 e. The molecule has 0 unspecified atom stereocenters. The van der Waals surface area contributed by atoms with Crippen LogP contribution in [0.15, 0.2) is 54.9 Å². The molecule has 0 spiro atoms. The zero-order valence-electron chi connectivity index (χ0n) is 20.4. The number of hydrogen-bond acceptors (Lipinski definition) is 7. The van der Waals surface area contributed by atoms with Crippen LogP contribution in [0.1, 0.15) is 53.6 Å². The number of aromatic amines is 1. The number of H-pyrrole nitrogens is 1. The molecule has 194 valence electrons. The fourth-order valence-electron chi connectivity index (χ4n) is 4.45. The Balaban J connectivity index is 1.44. The molecule has 5 rings (SSSR count). The summed E-state index contributed by atoms with van der Waals surface area (Å²) in [6, 6.07) is 12.4. The zero-order chi connectivity index (χ0) is 26.5. The van der Waals surface area contributed by atoms with Gasteiger partial charge in [-0.3, -0.25) is 9.59 Å². The van der Waals surface area contributed by atoms with E-state index in [9.17, 15) is 9.59 Å². The summed E-state index contributed by atoms with van der Waals surface area (Å²) in [7, 11) is 0. The number of para-hydroxylation sites is 1. The number of nitrogens with two attached hydrogens (primary N) is 1. The maximum absolute atomic E-state index is 13.1. The van der Waals surface area contributed by atoms with Crippen LogP contribution in [0, 0.1) is 0 Å². The van der Waals surface area contributed by atoms with Crippen LogP contribution >= 0.6 is 11.6 Å². The van der Waals surface area contributed by atoms with E-state index in [0.29, 0.717) is 34.2 Å². The number of amides is 2. The molecule has 1 aliphatic heterocycles. The largest absolute Gasteiger partial charge is 0.384 e. The highest BCUT2D eigenvalue weighted by Gasteiger charge is 2.24. The number of tetrazole rings is 1. The van der Waals surface area contributed by atoms with Crippen molar-refractivity contribution in [1.82, 2.24) is 35.5 Å². The maximum atomic E-state index is 13.1. The van der Waals surface area contributed by atoms with Crippen LogP contribution in [0.5, 0.6) is 0 Å². The second-order valence-electron chi connectivity index (χ2n) is 8.88. The fourth-order valence-corrected chi connectivity index (χ4v) is 4.63. The Morgan fingerprint density at radius 2 is 2.03 bits per heavy atom. The quantitative estimate of drug-likeness (QED) is 0.286. The molecule has 0 saturated carbocycles. The summed E-state index contributed by atoms with van der Waals surface area (Å²) < 4.78 is 1.49. The van der Waals surface area contributed by atoms with Gasteiger partial charge in [-0.25, -0.2) is 4.98 Å². The van der Waals surface area contributed by atoms with Gasteiger partial charge in [-0.15, -0.1) is 5.10 Å². The number of hydrogen-bond donors (Lipinski definition) is 4. The Labute approximate surface area is 223 Å². The summed E-state index contributed by atoms with van der Waals surface area (Å²) in [6.07, 6.45) is 7.96. The lowest BCUT2D eigenvalue weighted by atomic mass is 10.1. The number of halogens is 1. The van der Waals surface area contributed by atoms with Gasteiger partial charge in [0.2, 0.25) is 5.91 Å². The van der Waals surface area contributed by atoms with Crippen molar-refractivity contribution >= 4 is 35.2 Å². The summed E-state index contributed by atoms with van der Waals surface area (Å²) in [6.45, 7) is 0.781. The summed E-state index contributed by atoms with van der Waals surface area (Å²) in [5, 5.41) is 18.2. The first-order valence-electron chi connectivity index (χ1n) is 12.2. The number of anilines is 1. The van der Waals surface area contributed by atoms with Crippen molar-refractivity contribution in [3.05, 3.63) is 77.0 Å². The van der Waals surface area contributed by atoms with Gasteiger partial charge >= 0.3 is 0 Å². The van der Waals surface area contributed by atoms with Gasteiger partial charge in [0.15, 0.2) is 0 Å². The van der Waals surface area contributed by atoms with Crippen molar-refractivity contribution in [2.45, 2.75) is 31.7 Å². The molecule has 2 bridgehead atoms. The highest BCUT2D eigenvalue weighted by atomic mass is 35.5. The topological polar surface area (TPSA) is 156 Å².